The van der Waals surface area contributed by atoms with Crippen LogP contribution in [-0.2, 0) is 9.53 Å². The first-order valence-electron chi connectivity index (χ1n) is 12.7. The third-order valence-electron chi connectivity index (χ3n) is 7.09. The maximum absolute atomic E-state index is 13.5. The van der Waals surface area contributed by atoms with Gasteiger partial charge in [-0.3, -0.25) is 9.59 Å². The molecule has 4 aromatic rings. The highest BCUT2D eigenvalue weighted by molar-refractivity contribution is 5.94. The average Bonchev–Trinajstić information content (AvgIpc) is 2.99. The summed E-state index contributed by atoms with van der Waals surface area (Å²) >= 11 is 0. The summed E-state index contributed by atoms with van der Waals surface area (Å²) in [4.78, 5) is 28.5. The number of amides is 1. The largest absolute Gasteiger partial charge is 0.504 e. The molecule has 5 rings (SSSR count). The first-order chi connectivity index (χ1) is 19.3. The van der Waals surface area contributed by atoms with Crippen LogP contribution < -0.4 is 14.9 Å². The molecular formula is C30H29NO9. The maximum atomic E-state index is 13.5. The number of carbonyl (C=O) groups excluding carboxylic acids is 1. The Kier molecular flexibility index (Phi) is 7.52. The van der Waals surface area contributed by atoms with Crippen molar-refractivity contribution < 1.29 is 38.7 Å². The normalized spacial score (nSPS) is 14.2. The van der Waals surface area contributed by atoms with E-state index in [4.69, 9.17) is 18.6 Å². The minimum absolute atomic E-state index is 0.0194. The molecular weight excluding hydrogens is 518 g/mol. The van der Waals surface area contributed by atoms with E-state index < -0.39 is 28.6 Å². The van der Waals surface area contributed by atoms with E-state index in [9.17, 15) is 24.9 Å². The monoisotopic (exact) mass is 547 g/mol. The summed E-state index contributed by atoms with van der Waals surface area (Å²) in [5.41, 5.74) is 0.322. The molecule has 208 valence electrons. The number of aromatic hydroxyl groups is 3. The summed E-state index contributed by atoms with van der Waals surface area (Å²) in [5.74, 6) is -2.53. The van der Waals surface area contributed by atoms with Gasteiger partial charge in [0.05, 0.1) is 27.4 Å². The molecule has 3 N–H and O–H groups in total. The number of ether oxygens (including phenoxy) is 3. The highest BCUT2D eigenvalue weighted by atomic mass is 16.5. The number of hydrogen-bond acceptors (Lipinski definition) is 9. The molecule has 2 heterocycles. The predicted molar refractivity (Wildman–Crippen MR) is 146 cm³/mol. The summed E-state index contributed by atoms with van der Waals surface area (Å²) in [7, 11) is 2.97. The highest BCUT2D eigenvalue weighted by Crippen LogP contribution is 2.50. The number of phenolic OH excluding ortho intramolecular Hbond substituents is 3. The molecule has 0 aliphatic carbocycles. The van der Waals surface area contributed by atoms with Crippen LogP contribution in [0.2, 0.25) is 0 Å². The van der Waals surface area contributed by atoms with Crippen molar-refractivity contribution in [3.63, 3.8) is 0 Å². The highest BCUT2D eigenvalue weighted by Gasteiger charge is 2.33. The van der Waals surface area contributed by atoms with Crippen LogP contribution in [-0.4, -0.2) is 66.6 Å². The van der Waals surface area contributed by atoms with E-state index in [0.29, 0.717) is 48.9 Å². The summed E-state index contributed by atoms with van der Waals surface area (Å²) in [6.45, 7) is 1.60. The van der Waals surface area contributed by atoms with E-state index in [1.54, 1.807) is 47.4 Å². The van der Waals surface area contributed by atoms with Crippen molar-refractivity contribution in [2.45, 2.75) is 12.3 Å². The van der Waals surface area contributed by atoms with Crippen LogP contribution in [0.3, 0.4) is 0 Å². The Morgan fingerprint density at radius 3 is 2.30 bits per heavy atom. The van der Waals surface area contributed by atoms with E-state index in [-0.39, 0.29) is 34.6 Å². The second kappa shape index (κ2) is 11.2. The zero-order valence-corrected chi connectivity index (χ0v) is 22.0. The number of methoxy groups -OCH3 is 2. The maximum Gasteiger partial charge on any atom is 0.223 e. The predicted octanol–water partition coefficient (Wildman–Crippen LogP) is 3.97. The van der Waals surface area contributed by atoms with Crippen LogP contribution in [0.5, 0.6) is 28.7 Å². The molecule has 1 atom stereocenters. The lowest BCUT2D eigenvalue weighted by molar-refractivity contribution is -0.135. The summed E-state index contributed by atoms with van der Waals surface area (Å²) in [6, 6.07) is 15.1. The average molecular weight is 548 g/mol. The third-order valence-corrected chi connectivity index (χ3v) is 7.09. The molecule has 1 amide bonds. The number of benzene rings is 3. The summed E-state index contributed by atoms with van der Waals surface area (Å²) in [5, 5.41) is 32.3. The van der Waals surface area contributed by atoms with Crippen LogP contribution in [0.4, 0.5) is 0 Å². The van der Waals surface area contributed by atoms with Crippen molar-refractivity contribution in [1.82, 2.24) is 4.90 Å². The Labute approximate surface area is 229 Å². The van der Waals surface area contributed by atoms with Crippen LogP contribution >= 0.6 is 0 Å². The van der Waals surface area contributed by atoms with Gasteiger partial charge in [-0.05, 0) is 17.7 Å². The molecule has 1 fully saturated rings. The molecule has 1 saturated heterocycles. The molecule has 0 spiro atoms. The van der Waals surface area contributed by atoms with E-state index >= 15 is 0 Å². The summed E-state index contributed by atoms with van der Waals surface area (Å²) < 4.78 is 22.4. The SMILES string of the molecule is COc1ccc(C(CC(=O)N2CCOCC2)c2c(O)c(O)c(O)c3c(=O)cc(-c4ccccc4)oc23)cc1OC. The zero-order chi connectivity index (χ0) is 28.4. The number of phenols is 3. The van der Waals surface area contributed by atoms with Gasteiger partial charge in [-0.25, -0.2) is 0 Å². The number of fused-ring (bicyclic) bond motifs is 1. The molecule has 10 heteroatoms. The van der Waals surface area contributed by atoms with Crippen molar-refractivity contribution >= 4 is 16.9 Å². The van der Waals surface area contributed by atoms with Crippen molar-refractivity contribution in [1.29, 1.82) is 0 Å². The van der Waals surface area contributed by atoms with Gasteiger partial charge in [0.25, 0.3) is 0 Å². The smallest absolute Gasteiger partial charge is 0.223 e. The quantitative estimate of drug-likeness (QED) is 0.293. The minimum Gasteiger partial charge on any atom is -0.504 e. The van der Waals surface area contributed by atoms with Gasteiger partial charge in [0.1, 0.15) is 16.7 Å². The number of nitrogens with zero attached hydrogens (tertiary/aromatic N) is 1. The standard InChI is InChI=1S/C30H29NO9/c1-37-21-9-8-18(14-23(21)38-2)19(15-24(33)31-10-12-39-13-11-31)25-27(34)29(36)28(35)26-20(32)16-22(40-30(25)26)17-6-4-3-5-7-17/h3-9,14,16,19,34-36H,10-13,15H2,1-2H3. The number of hydrogen-bond donors (Lipinski definition) is 3. The van der Waals surface area contributed by atoms with Crippen molar-refractivity contribution in [2.75, 3.05) is 40.5 Å². The minimum atomic E-state index is -0.918. The fraction of sp³-hybridized carbons (Fsp3) is 0.267. The van der Waals surface area contributed by atoms with Crippen LogP contribution in [0.15, 0.2) is 63.8 Å². The van der Waals surface area contributed by atoms with Gasteiger partial charge in [-0.1, -0.05) is 36.4 Å². The Bertz CT molecular complexity index is 1610. The molecule has 40 heavy (non-hydrogen) atoms. The zero-order valence-electron chi connectivity index (χ0n) is 22.0. The van der Waals surface area contributed by atoms with Gasteiger partial charge in [0.15, 0.2) is 28.4 Å². The van der Waals surface area contributed by atoms with E-state index in [2.05, 4.69) is 0 Å². The molecule has 1 unspecified atom stereocenters. The lowest BCUT2D eigenvalue weighted by Crippen LogP contribution is -2.41. The van der Waals surface area contributed by atoms with E-state index in [1.807, 2.05) is 6.07 Å². The molecule has 0 saturated carbocycles. The molecule has 1 aliphatic rings. The van der Waals surface area contributed by atoms with Crippen molar-refractivity contribution in [3.8, 4) is 40.1 Å². The Morgan fingerprint density at radius 1 is 0.925 bits per heavy atom. The van der Waals surface area contributed by atoms with Crippen molar-refractivity contribution in [2.24, 2.45) is 0 Å². The molecule has 1 aliphatic heterocycles. The Hall–Kier alpha value is -4.70. The van der Waals surface area contributed by atoms with Gasteiger partial charge >= 0.3 is 0 Å². The van der Waals surface area contributed by atoms with Gasteiger partial charge in [0.2, 0.25) is 11.7 Å². The molecule has 10 nitrogen and oxygen atoms in total. The van der Waals surface area contributed by atoms with Gasteiger partial charge in [0, 0.05) is 42.6 Å². The topological polar surface area (TPSA) is 139 Å². The first-order valence-corrected chi connectivity index (χ1v) is 12.7. The molecule has 1 aromatic heterocycles. The second-order valence-electron chi connectivity index (χ2n) is 9.37. The molecule has 0 bridgehead atoms. The third kappa shape index (κ3) is 4.89. The fourth-order valence-corrected chi connectivity index (χ4v) is 5.01. The lowest BCUT2D eigenvalue weighted by atomic mass is 9.85. The van der Waals surface area contributed by atoms with Gasteiger partial charge in [-0.2, -0.15) is 0 Å². The number of rotatable bonds is 7. The van der Waals surface area contributed by atoms with E-state index in [0.717, 1.165) is 0 Å². The van der Waals surface area contributed by atoms with Gasteiger partial charge < -0.3 is 38.8 Å². The Balaban J connectivity index is 1.78. The number of carbonyl (C=O) groups is 1. The van der Waals surface area contributed by atoms with Crippen LogP contribution in [0, 0.1) is 0 Å². The Morgan fingerprint density at radius 2 is 1.62 bits per heavy atom. The molecule has 3 aromatic carbocycles. The van der Waals surface area contributed by atoms with Gasteiger partial charge in [-0.15, -0.1) is 0 Å². The molecule has 0 radical (unpaired) electrons. The van der Waals surface area contributed by atoms with Crippen molar-refractivity contribution in [3.05, 3.63) is 75.9 Å². The van der Waals surface area contributed by atoms with E-state index in [1.165, 1.54) is 20.3 Å². The van der Waals surface area contributed by atoms with Crippen LogP contribution in [0.1, 0.15) is 23.5 Å². The summed E-state index contributed by atoms with van der Waals surface area (Å²) in [6.07, 6.45) is -0.151. The van der Waals surface area contributed by atoms with Crippen LogP contribution in [0.25, 0.3) is 22.3 Å². The first kappa shape index (κ1) is 26.9. The number of morpholine rings is 1. The fourth-order valence-electron chi connectivity index (χ4n) is 5.01. The lowest BCUT2D eigenvalue weighted by Gasteiger charge is -2.29. The second-order valence-corrected chi connectivity index (χ2v) is 9.37.